The molecule has 27 heavy (non-hydrogen) atoms. The number of aryl methyl sites for hydroxylation is 2. The number of aromatic nitrogens is 3. The number of hydrogen-bond donors (Lipinski definition) is 2. The van der Waals surface area contributed by atoms with Gasteiger partial charge in [-0.3, -0.25) is 15.2 Å². The van der Waals surface area contributed by atoms with Gasteiger partial charge >= 0.3 is 5.63 Å². The van der Waals surface area contributed by atoms with Crippen molar-refractivity contribution in [1.29, 1.82) is 0 Å². The number of H-pyrrole nitrogens is 1. The molecule has 0 radical (unpaired) electrons. The van der Waals surface area contributed by atoms with Crippen molar-refractivity contribution in [3.8, 4) is 5.75 Å². The molecule has 8 nitrogen and oxygen atoms in total. The van der Waals surface area contributed by atoms with Crippen molar-refractivity contribution in [1.82, 2.24) is 15.2 Å². The average Bonchev–Trinajstić information content (AvgIpc) is 3.08. The van der Waals surface area contributed by atoms with Gasteiger partial charge < -0.3 is 9.15 Å². The van der Waals surface area contributed by atoms with E-state index in [1.54, 1.807) is 13.2 Å². The number of aromatic amines is 1. The van der Waals surface area contributed by atoms with Crippen molar-refractivity contribution in [2.75, 3.05) is 12.4 Å². The van der Waals surface area contributed by atoms with E-state index < -0.39 is 5.63 Å². The summed E-state index contributed by atoms with van der Waals surface area (Å²) in [5.74, 6) is 1.57. The molecule has 2 aromatic heterocycles. The van der Waals surface area contributed by atoms with Crippen molar-refractivity contribution >= 4 is 22.8 Å². The Morgan fingerprint density at radius 3 is 2.78 bits per heavy atom. The number of ether oxygens (including phenoxy) is 1. The SMILES string of the molecule is COc1cc2oc(=O)cc(C)c2cc1CCC(=O)Nc1n[nH]c(C(C)C)n1. The zero-order chi connectivity index (χ0) is 19.6. The summed E-state index contributed by atoms with van der Waals surface area (Å²) in [6.07, 6.45) is 0.703. The normalized spacial score (nSPS) is 11.1. The number of hydrogen-bond acceptors (Lipinski definition) is 6. The van der Waals surface area contributed by atoms with E-state index in [1.807, 2.05) is 26.8 Å². The Morgan fingerprint density at radius 2 is 2.11 bits per heavy atom. The maximum atomic E-state index is 12.2. The van der Waals surface area contributed by atoms with Crippen LogP contribution in [0.15, 0.2) is 27.4 Å². The van der Waals surface area contributed by atoms with Crippen molar-refractivity contribution in [2.24, 2.45) is 0 Å². The van der Waals surface area contributed by atoms with E-state index in [4.69, 9.17) is 9.15 Å². The van der Waals surface area contributed by atoms with Crippen LogP contribution < -0.4 is 15.7 Å². The van der Waals surface area contributed by atoms with Crippen LogP contribution in [0.25, 0.3) is 11.0 Å². The van der Waals surface area contributed by atoms with Crippen molar-refractivity contribution in [3.63, 3.8) is 0 Å². The Kier molecular flexibility index (Phi) is 5.25. The summed E-state index contributed by atoms with van der Waals surface area (Å²) in [4.78, 5) is 28.0. The van der Waals surface area contributed by atoms with Crippen LogP contribution in [0, 0.1) is 6.92 Å². The molecule has 0 saturated heterocycles. The van der Waals surface area contributed by atoms with Gasteiger partial charge in [-0.25, -0.2) is 4.79 Å². The van der Waals surface area contributed by atoms with Gasteiger partial charge in [0.05, 0.1) is 7.11 Å². The molecule has 8 heteroatoms. The molecule has 0 aliphatic heterocycles. The molecule has 3 aromatic rings. The predicted molar refractivity (Wildman–Crippen MR) is 101 cm³/mol. The van der Waals surface area contributed by atoms with Gasteiger partial charge in [0.1, 0.15) is 17.2 Å². The summed E-state index contributed by atoms with van der Waals surface area (Å²) < 4.78 is 10.6. The van der Waals surface area contributed by atoms with E-state index in [9.17, 15) is 9.59 Å². The van der Waals surface area contributed by atoms with Crippen LogP contribution in [0.1, 0.15) is 43.1 Å². The third-order valence-corrected chi connectivity index (χ3v) is 4.27. The minimum absolute atomic E-state index is 0.192. The number of nitrogens with zero attached hydrogens (tertiary/aromatic N) is 2. The van der Waals surface area contributed by atoms with Crippen LogP contribution in [0.4, 0.5) is 5.95 Å². The molecule has 1 aromatic carbocycles. The summed E-state index contributed by atoms with van der Waals surface area (Å²) in [7, 11) is 1.54. The molecule has 0 aliphatic carbocycles. The first-order chi connectivity index (χ1) is 12.9. The minimum atomic E-state index is -0.401. The lowest BCUT2D eigenvalue weighted by Gasteiger charge is -2.10. The number of amides is 1. The number of benzene rings is 1. The highest BCUT2D eigenvalue weighted by Crippen LogP contribution is 2.28. The highest BCUT2D eigenvalue weighted by Gasteiger charge is 2.13. The van der Waals surface area contributed by atoms with Crippen LogP contribution in [-0.4, -0.2) is 28.2 Å². The molecule has 3 rings (SSSR count). The summed E-state index contributed by atoms with van der Waals surface area (Å²) in [6, 6.07) is 5.02. The Bertz CT molecular complexity index is 1040. The number of carbonyl (C=O) groups excluding carboxylic acids is 1. The summed E-state index contributed by atoms with van der Waals surface area (Å²) in [6.45, 7) is 5.82. The Hall–Kier alpha value is -3.16. The number of nitrogens with one attached hydrogen (secondary N) is 2. The standard InChI is InChI=1S/C19H22N4O4/c1-10(2)18-21-19(23-22-18)20-16(24)6-5-12-8-13-11(3)7-17(25)27-15(13)9-14(12)26-4/h7-10H,5-6H2,1-4H3,(H2,20,21,22,23,24). The monoisotopic (exact) mass is 370 g/mol. The van der Waals surface area contributed by atoms with Crippen LogP contribution in [-0.2, 0) is 11.2 Å². The number of anilines is 1. The van der Waals surface area contributed by atoms with E-state index in [2.05, 4.69) is 20.5 Å². The summed E-state index contributed by atoms with van der Waals surface area (Å²) >= 11 is 0. The van der Waals surface area contributed by atoms with Gasteiger partial charge in [-0.2, -0.15) is 4.98 Å². The molecule has 0 spiro atoms. The van der Waals surface area contributed by atoms with Gasteiger partial charge in [0.25, 0.3) is 0 Å². The molecule has 0 atom stereocenters. The lowest BCUT2D eigenvalue weighted by molar-refractivity contribution is -0.116. The molecular formula is C19H22N4O4. The largest absolute Gasteiger partial charge is 0.496 e. The smallest absolute Gasteiger partial charge is 0.336 e. The molecular weight excluding hydrogens is 348 g/mol. The topological polar surface area (TPSA) is 110 Å². The number of rotatable bonds is 6. The van der Waals surface area contributed by atoms with Crippen molar-refractivity contribution in [3.05, 3.63) is 45.6 Å². The molecule has 0 fully saturated rings. The highest BCUT2D eigenvalue weighted by atomic mass is 16.5. The Labute approximate surface area is 155 Å². The number of fused-ring (bicyclic) bond motifs is 1. The maximum absolute atomic E-state index is 12.2. The van der Waals surface area contributed by atoms with Gasteiger partial charge in [-0.15, -0.1) is 5.10 Å². The summed E-state index contributed by atoms with van der Waals surface area (Å²) in [5, 5.41) is 10.3. The molecule has 0 bridgehead atoms. The highest BCUT2D eigenvalue weighted by molar-refractivity contribution is 5.89. The van der Waals surface area contributed by atoms with E-state index in [-0.39, 0.29) is 24.2 Å². The van der Waals surface area contributed by atoms with Crippen LogP contribution in [0.3, 0.4) is 0 Å². The summed E-state index contributed by atoms with van der Waals surface area (Å²) in [5.41, 5.74) is 1.74. The van der Waals surface area contributed by atoms with Gasteiger partial charge in [0.15, 0.2) is 0 Å². The quantitative estimate of drug-likeness (QED) is 0.646. The molecule has 2 N–H and O–H groups in total. The first kappa shape index (κ1) is 18.6. The molecule has 0 saturated carbocycles. The minimum Gasteiger partial charge on any atom is -0.496 e. The Balaban J connectivity index is 1.75. The molecule has 0 unspecified atom stereocenters. The van der Waals surface area contributed by atoms with Crippen LogP contribution in [0.2, 0.25) is 0 Å². The van der Waals surface area contributed by atoms with Crippen molar-refractivity contribution in [2.45, 2.75) is 39.5 Å². The lowest BCUT2D eigenvalue weighted by Crippen LogP contribution is -2.13. The van der Waals surface area contributed by atoms with Crippen molar-refractivity contribution < 1.29 is 13.9 Å². The van der Waals surface area contributed by atoms with E-state index >= 15 is 0 Å². The number of methoxy groups -OCH3 is 1. The second-order valence-electron chi connectivity index (χ2n) is 6.66. The van der Waals surface area contributed by atoms with E-state index in [0.717, 1.165) is 22.3 Å². The fourth-order valence-corrected chi connectivity index (χ4v) is 2.80. The molecule has 2 heterocycles. The fourth-order valence-electron chi connectivity index (χ4n) is 2.80. The first-order valence-corrected chi connectivity index (χ1v) is 8.71. The predicted octanol–water partition coefficient (Wildman–Crippen LogP) is 2.92. The maximum Gasteiger partial charge on any atom is 0.336 e. The average molecular weight is 370 g/mol. The second kappa shape index (κ2) is 7.61. The zero-order valence-electron chi connectivity index (χ0n) is 15.8. The van der Waals surface area contributed by atoms with Gasteiger partial charge in [0, 0.05) is 29.9 Å². The number of carbonyl (C=O) groups is 1. The molecule has 142 valence electrons. The zero-order valence-corrected chi connectivity index (χ0v) is 15.8. The van der Waals surface area contributed by atoms with Gasteiger partial charge in [-0.05, 0) is 30.5 Å². The third kappa shape index (κ3) is 4.16. The molecule has 1 amide bonds. The van der Waals surface area contributed by atoms with Crippen LogP contribution in [0.5, 0.6) is 5.75 Å². The fraction of sp³-hybridized carbons (Fsp3) is 0.368. The Morgan fingerprint density at radius 1 is 1.33 bits per heavy atom. The van der Waals surface area contributed by atoms with E-state index in [0.29, 0.717) is 17.8 Å². The van der Waals surface area contributed by atoms with Crippen LogP contribution >= 0.6 is 0 Å². The molecule has 0 aliphatic rings. The van der Waals surface area contributed by atoms with E-state index in [1.165, 1.54) is 6.07 Å². The lowest BCUT2D eigenvalue weighted by atomic mass is 10.0. The first-order valence-electron chi connectivity index (χ1n) is 8.71. The third-order valence-electron chi connectivity index (χ3n) is 4.27. The van der Waals surface area contributed by atoms with Gasteiger partial charge in [-0.1, -0.05) is 13.8 Å². The second-order valence-corrected chi connectivity index (χ2v) is 6.66. The van der Waals surface area contributed by atoms with Gasteiger partial charge in [0.2, 0.25) is 11.9 Å².